The van der Waals surface area contributed by atoms with Crippen LogP contribution in [0.15, 0.2) is 0 Å². The third kappa shape index (κ3) is 0.970. The zero-order chi connectivity index (χ0) is 4.57. The molecule has 1 rings (SSSR count). The summed E-state index contributed by atoms with van der Waals surface area (Å²) in [5.74, 6) is 0.907. The lowest BCUT2D eigenvalue weighted by molar-refractivity contribution is 0.892. The second-order valence-electron chi connectivity index (χ2n) is 1.85. The third-order valence-electron chi connectivity index (χ3n) is 1.13. The summed E-state index contributed by atoms with van der Waals surface area (Å²) in [7, 11) is 0. The number of halogens is 1. The van der Waals surface area contributed by atoms with E-state index < -0.39 is 0 Å². The summed E-state index contributed by atoms with van der Waals surface area (Å²) in [6.07, 6.45) is 2.78. The van der Waals surface area contributed by atoms with Crippen LogP contribution in [0.25, 0.3) is 0 Å². The minimum atomic E-state index is 0.525. The van der Waals surface area contributed by atoms with Crippen LogP contribution < -0.4 is 0 Å². The fraction of sp³-hybridized carbons (Fsp3) is 0.800. The molecule has 1 fully saturated rings. The molecule has 1 radical (unpaired) electrons. The predicted molar refractivity (Wildman–Crippen MR) is 30.8 cm³/mol. The molecule has 0 aromatic carbocycles. The highest BCUT2D eigenvalue weighted by molar-refractivity contribution is 9.09. The zero-order valence-corrected chi connectivity index (χ0v) is 5.24. The second-order valence-corrected chi connectivity index (χ2v) is 3.03. The minimum absolute atomic E-state index is 0.525. The van der Waals surface area contributed by atoms with Crippen LogP contribution >= 0.6 is 15.9 Å². The van der Waals surface area contributed by atoms with Crippen LogP contribution in [0, 0.1) is 12.8 Å². The van der Waals surface area contributed by atoms with Gasteiger partial charge in [-0.15, -0.1) is 0 Å². The van der Waals surface area contributed by atoms with E-state index in [9.17, 15) is 0 Å². The zero-order valence-electron chi connectivity index (χ0n) is 3.65. The second kappa shape index (κ2) is 1.53. The average molecular weight is 148 g/mol. The van der Waals surface area contributed by atoms with E-state index in [1.165, 1.54) is 12.8 Å². The third-order valence-corrected chi connectivity index (χ3v) is 1.88. The lowest BCUT2D eigenvalue weighted by atomic mass is 10.3. The SMILES string of the molecule is [CH2]C(Br)C1CC1. The monoisotopic (exact) mass is 147 g/mol. The number of hydrogen-bond donors (Lipinski definition) is 0. The van der Waals surface area contributed by atoms with Gasteiger partial charge >= 0.3 is 0 Å². The predicted octanol–water partition coefficient (Wildman–Crippen LogP) is 1.99. The van der Waals surface area contributed by atoms with Crippen LogP contribution in [0.2, 0.25) is 0 Å². The quantitative estimate of drug-likeness (QED) is 0.499. The van der Waals surface area contributed by atoms with Crippen molar-refractivity contribution in [2.45, 2.75) is 17.7 Å². The van der Waals surface area contributed by atoms with Crippen LogP contribution in [0.3, 0.4) is 0 Å². The van der Waals surface area contributed by atoms with Gasteiger partial charge in [-0.1, -0.05) is 15.9 Å². The van der Waals surface area contributed by atoms with Crippen molar-refractivity contribution in [2.75, 3.05) is 0 Å². The number of rotatable bonds is 1. The van der Waals surface area contributed by atoms with Crippen molar-refractivity contribution >= 4 is 15.9 Å². The fourth-order valence-corrected chi connectivity index (χ4v) is 0.987. The Morgan fingerprint density at radius 2 is 2.17 bits per heavy atom. The van der Waals surface area contributed by atoms with Crippen LogP contribution in [0.1, 0.15) is 12.8 Å². The van der Waals surface area contributed by atoms with Gasteiger partial charge in [0, 0.05) is 4.83 Å². The van der Waals surface area contributed by atoms with Crippen molar-refractivity contribution in [1.29, 1.82) is 0 Å². The Balaban J connectivity index is 2.13. The lowest BCUT2D eigenvalue weighted by Crippen LogP contribution is -1.89. The molecule has 0 saturated heterocycles. The van der Waals surface area contributed by atoms with Gasteiger partial charge in [-0.05, 0) is 25.7 Å². The molecule has 1 atom stereocenters. The maximum Gasteiger partial charge on any atom is 0.0174 e. The molecule has 1 saturated carbocycles. The van der Waals surface area contributed by atoms with E-state index in [2.05, 4.69) is 22.9 Å². The van der Waals surface area contributed by atoms with Gasteiger partial charge in [-0.3, -0.25) is 0 Å². The van der Waals surface area contributed by atoms with Crippen molar-refractivity contribution in [1.82, 2.24) is 0 Å². The van der Waals surface area contributed by atoms with Crippen molar-refractivity contribution in [2.24, 2.45) is 5.92 Å². The van der Waals surface area contributed by atoms with E-state index in [4.69, 9.17) is 0 Å². The van der Waals surface area contributed by atoms with Gasteiger partial charge in [-0.25, -0.2) is 0 Å². The molecule has 0 heterocycles. The molecule has 1 aliphatic carbocycles. The Hall–Kier alpha value is 0.480. The van der Waals surface area contributed by atoms with Gasteiger partial charge in [0.2, 0.25) is 0 Å². The van der Waals surface area contributed by atoms with Gasteiger partial charge in [0.25, 0.3) is 0 Å². The summed E-state index contributed by atoms with van der Waals surface area (Å²) < 4.78 is 0. The molecule has 0 spiro atoms. The van der Waals surface area contributed by atoms with Crippen molar-refractivity contribution in [3.05, 3.63) is 6.92 Å². The molecule has 1 heteroatoms. The van der Waals surface area contributed by atoms with E-state index in [-0.39, 0.29) is 0 Å². The summed E-state index contributed by atoms with van der Waals surface area (Å²) in [5.41, 5.74) is 0. The molecule has 0 aromatic heterocycles. The van der Waals surface area contributed by atoms with E-state index >= 15 is 0 Å². The number of hydrogen-bond acceptors (Lipinski definition) is 0. The lowest BCUT2D eigenvalue weighted by Gasteiger charge is -1.91. The van der Waals surface area contributed by atoms with E-state index in [0.717, 1.165) is 5.92 Å². The molecule has 0 amide bonds. The molecular formula is C5H8Br. The highest BCUT2D eigenvalue weighted by atomic mass is 79.9. The molecule has 1 aliphatic rings. The van der Waals surface area contributed by atoms with E-state index in [0.29, 0.717) is 4.83 Å². The van der Waals surface area contributed by atoms with E-state index in [1.54, 1.807) is 0 Å². The highest BCUT2D eigenvalue weighted by Crippen LogP contribution is 2.35. The molecule has 1 unspecified atom stereocenters. The van der Waals surface area contributed by atoms with Crippen molar-refractivity contribution in [3.63, 3.8) is 0 Å². The largest absolute Gasteiger partial charge is 0.0888 e. The van der Waals surface area contributed by atoms with Gasteiger partial charge in [0.15, 0.2) is 0 Å². The van der Waals surface area contributed by atoms with Crippen LogP contribution in [-0.2, 0) is 0 Å². The summed E-state index contributed by atoms with van der Waals surface area (Å²) in [6, 6.07) is 0. The summed E-state index contributed by atoms with van der Waals surface area (Å²) in [4.78, 5) is 0.525. The fourth-order valence-electron chi connectivity index (χ4n) is 0.458. The molecule has 0 aliphatic heterocycles. The standard InChI is InChI=1S/C5H8Br/c1-4(6)5-2-3-5/h4-5H,1-3H2. The van der Waals surface area contributed by atoms with Gasteiger partial charge in [0.05, 0.1) is 0 Å². The van der Waals surface area contributed by atoms with Gasteiger partial charge in [-0.2, -0.15) is 0 Å². The van der Waals surface area contributed by atoms with Crippen LogP contribution in [0.4, 0.5) is 0 Å². The van der Waals surface area contributed by atoms with Crippen LogP contribution in [0.5, 0.6) is 0 Å². The molecule has 6 heavy (non-hydrogen) atoms. The first kappa shape index (κ1) is 4.63. The molecule has 0 bridgehead atoms. The molecule has 0 aromatic rings. The highest BCUT2D eigenvalue weighted by Gasteiger charge is 2.25. The Morgan fingerprint density at radius 3 is 2.17 bits per heavy atom. The Labute approximate surface area is 47.1 Å². The Bertz CT molecular complexity index is 45.9. The molecular weight excluding hydrogens is 140 g/mol. The smallest absolute Gasteiger partial charge is 0.0174 e. The van der Waals surface area contributed by atoms with Crippen molar-refractivity contribution in [3.8, 4) is 0 Å². The Morgan fingerprint density at radius 1 is 1.67 bits per heavy atom. The minimum Gasteiger partial charge on any atom is -0.0888 e. The summed E-state index contributed by atoms with van der Waals surface area (Å²) in [6.45, 7) is 3.82. The molecule has 0 nitrogen and oxygen atoms in total. The topological polar surface area (TPSA) is 0 Å². The van der Waals surface area contributed by atoms with Crippen LogP contribution in [-0.4, -0.2) is 4.83 Å². The van der Waals surface area contributed by atoms with E-state index in [1.807, 2.05) is 0 Å². The van der Waals surface area contributed by atoms with Crippen molar-refractivity contribution < 1.29 is 0 Å². The maximum atomic E-state index is 3.82. The van der Waals surface area contributed by atoms with Gasteiger partial charge < -0.3 is 0 Å². The number of alkyl halides is 1. The summed E-state index contributed by atoms with van der Waals surface area (Å²) in [5, 5.41) is 0. The first-order valence-electron chi connectivity index (χ1n) is 2.28. The van der Waals surface area contributed by atoms with Gasteiger partial charge in [0.1, 0.15) is 0 Å². The normalized spacial score (nSPS) is 27.0. The average Bonchev–Trinajstić information content (AvgIpc) is 2.06. The molecule has 0 N–H and O–H groups in total. The Kier molecular flexibility index (Phi) is 1.18. The summed E-state index contributed by atoms with van der Waals surface area (Å²) >= 11 is 3.39. The molecule has 35 valence electrons. The first-order valence-corrected chi connectivity index (χ1v) is 3.19. The first-order chi connectivity index (χ1) is 2.80. The maximum absolute atomic E-state index is 3.82.